The molecule has 0 heterocycles. The van der Waals surface area contributed by atoms with Gasteiger partial charge in [-0.1, -0.05) is 19.8 Å². The quantitative estimate of drug-likeness (QED) is 0.612. The minimum Gasteiger partial charge on any atom is -0.379 e. The van der Waals surface area contributed by atoms with Crippen LogP contribution in [0.25, 0.3) is 0 Å². The van der Waals surface area contributed by atoms with E-state index >= 15 is 0 Å². The second-order valence-corrected chi connectivity index (χ2v) is 6.10. The Morgan fingerprint density at radius 1 is 1.22 bits per heavy atom. The molecule has 3 nitrogen and oxygen atoms in total. The number of methoxy groups -OCH3 is 1. The predicted molar refractivity (Wildman–Crippen MR) is 79.9 cm³/mol. The molecule has 0 radical (unpaired) electrons. The maximum atomic E-state index is 5.98. The number of rotatable bonds is 10. The van der Waals surface area contributed by atoms with Crippen molar-refractivity contribution in [2.24, 2.45) is 5.73 Å². The van der Waals surface area contributed by atoms with Crippen molar-refractivity contribution >= 4 is 0 Å². The highest BCUT2D eigenvalue weighted by Crippen LogP contribution is 2.20. The second-order valence-electron chi connectivity index (χ2n) is 6.10. The SMILES string of the molecule is CCCCCN(C(C)C)C(CN)CC(C)(C)OC. The lowest BCUT2D eigenvalue weighted by molar-refractivity contribution is -0.0123. The van der Waals surface area contributed by atoms with Gasteiger partial charge in [-0.2, -0.15) is 0 Å². The third-order valence-electron chi connectivity index (χ3n) is 3.70. The minimum absolute atomic E-state index is 0.0953. The van der Waals surface area contributed by atoms with Crippen LogP contribution in [0.2, 0.25) is 0 Å². The van der Waals surface area contributed by atoms with E-state index in [1.807, 2.05) is 0 Å². The maximum Gasteiger partial charge on any atom is 0.0638 e. The van der Waals surface area contributed by atoms with Crippen LogP contribution < -0.4 is 5.73 Å². The van der Waals surface area contributed by atoms with E-state index < -0.39 is 0 Å². The molecule has 0 rings (SSSR count). The zero-order chi connectivity index (χ0) is 14.2. The van der Waals surface area contributed by atoms with E-state index in [4.69, 9.17) is 10.5 Å². The summed E-state index contributed by atoms with van der Waals surface area (Å²) in [4.78, 5) is 2.54. The van der Waals surface area contributed by atoms with Gasteiger partial charge >= 0.3 is 0 Å². The number of hydrogen-bond donors (Lipinski definition) is 1. The molecular formula is C15H34N2O. The lowest BCUT2D eigenvalue weighted by atomic mass is 9.96. The fourth-order valence-electron chi connectivity index (χ4n) is 2.39. The summed E-state index contributed by atoms with van der Waals surface area (Å²) in [6.07, 6.45) is 4.82. The lowest BCUT2D eigenvalue weighted by Crippen LogP contribution is -2.48. The molecule has 0 amide bonds. The molecule has 0 aromatic heterocycles. The number of nitrogens with two attached hydrogens (primary N) is 1. The van der Waals surface area contributed by atoms with Crippen LogP contribution in [0.4, 0.5) is 0 Å². The van der Waals surface area contributed by atoms with Crippen molar-refractivity contribution in [3.8, 4) is 0 Å². The van der Waals surface area contributed by atoms with E-state index in [2.05, 4.69) is 39.5 Å². The molecule has 0 aromatic rings. The van der Waals surface area contributed by atoms with E-state index in [0.29, 0.717) is 18.6 Å². The monoisotopic (exact) mass is 258 g/mol. The Balaban J connectivity index is 4.51. The molecule has 0 aliphatic heterocycles. The topological polar surface area (TPSA) is 38.5 Å². The van der Waals surface area contributed by atoms with Crippen molar-refractivity contribution in [3.63, 3.8) is 0 Å². The first-order valence-electron chi connectivity index (χ1n) is 7.39. The summed E-state index contributed by atoms with van der Waals surface area (Å²) in [6.45, 7) is 12.9. The predicted octanol–water partition coefficient (Wildman–Crippen LogP) is 3.03. The summed E-state index contributed by atoms with van der Waals surface area (Å²) in [5, 5.41) is 0. The van der Waals surface area contributed by atoms with Gasteiger partial charge in [0.05, 0.1) is 5.60 Å². The molecule has 0 aliphatic rings. The number of nitrogens with zero attached hydrogens (tertiary/aromatic N) is 1. The molecule has 3 heteroatoms. The first-order valence-corrected chi connectivity index (χ1v) is 7.39. The van der Waals surface area contributed by atoms with Crippen molar-refractivity contribution in [1.82, 2.24) is 4.90 Å². The van der Waals surface area contributed by atoms with E-state index in [9.17, 15) is 0 Å². The summed E-state index contributed by atoms with van der Waals surface area (Å²) in [5.74, 6) is 0. The highest BCUT2D eigenvalue weighted by Gasteiger charge is 2.27. The van der Waals surface area contributed by atoms with Crippen LogP contribution in [0.3, 0.4) is 0 Å². The average Bonchev–Trinajstić information content (AvgIpc) is 2.32. The molecule has 0 saturated heterocycles. The highest BCUT2D eigenvalue weighted by atomic mass is 16.5. The van der Waals surface area contributed by atoms with Crippen LogP contribution in [-0.4, -0.2) is 42.8 Å². The first kappa shape index (κ1) is 17.9. The van der Waals surface area contributed by atoms with E-state index in [-0.39, 0.29) is 5.60 Å². The summed E-state index contributed by atoms with van der Waals surface area (Å²) in [7, 11) is 1.78. The average molecular weight is 258 g/mol. The van der Waals surface area contributed by atoms with Gasteiger partial charge in [-0.05, 0) is 47.1 Å². The smallest absolute Gasteiger partial charge is 0.0638 e. The van der Waals surface area contributed by atoms with E-state index in [1.54, 1.807) is 7.11 Å². The Morgan fingerprint density at radius 3 is 2.22 bits per heavy atom. The summed E-state index contributed by atoms with van der Waals surface area (Å²) < 4.78 is 5.54. The van der Waals surface area contributed by atoms with Gasteiger partial charge in [0.1, 0.15) is 0 Å². The Kier molecular flexibility index (Phi) is 8.83. The molecule has 2 N–H and O–H groups in total. The summed E-state index contributed by atoms with van der Waals surface area (Å²) in [5.41, 5.74) is 5.89. The third kappa shape index (κ3) is 6.72. The van der Waals surface area contributed by atoms with Crippen LogP contribution in [0, 0.1) is 0 Å². The van der Waals surface area contributed by atoms with Crippen LogP contribution in [-0.2, 0) is 4.74 Å². The van der Waals surface area contributed by atoms with Gasteiger partial charge in [-0.3, -0.25) is 4.90 Å². The fraction of sp³-hybridized carbons (Fsp3) is 1.00. The van der Waals surface area contributed by atoms with Gasteiger partial charge in [0.15, 0.2) is 0 Å². The summed E-state index contributed by atoms with van der Waals surface area (Å²) in [6, 6.07) is 0.958. The van der Waals surface area contributed by atoms with Crippen molar-refractivity contribution in [1.29, 1.82) is 0 Å². The lowest BCUT2D eigenvalue weighted by Gasteiger charge is -2.38. The van der Waals surface area contributed by atoms with Crippen molar-refractivity contribution < 1.29 is 4.74 Å². The van der Waals surface area contributed by atoms with Crippen LogP contribution in [0.15, 0.2) is 0 Å². The Morgan fingerprint density at radius 2 is 1.83 bits per heavy atom. The largest absolute Gasteiger partial charge is 0.379 e. The van der Waals surface area contributed by atoms with Crippen LogP contribution in [0.1, 0.15) is 60.3 Å². The zero-order valence-corrected chi connectivity index (χ0v) is 13.3. The standard InChI is InChI=1S/C15H34N2O/c1-7-8-9-10-17(13(2)3)14(12-16)11-15(4,5)18-6/h13-14H,7-12,16H2,1-6H3. The maximum absolute atomic E-state index is 5.98. The van der Waals surface area contributed by atoms with Crippen LogP contribution >= 0.6 is 0 Å². The van der Waals surface area contributed by atoms with Gasteiger partial charge in [-0.15, -0.1) is 0 Å². The van der Waals surface area contributed by atoms with Gasteiger partial charge in [0, 0.05) is 25.7 Å². The molecule has 0 aliphatic carbocycles. The van der Waals surface area contributed by atoms with Crippen molar-refractivity contribution in [2.45, 2.75) is 78.0 Å². The molecule has 18 heavy (non-hydrogen) atoms. The molecule has 110 valence electrons. The normalized spacial score (nSPS) is 14.5. The molecule has 0 saturated carbocycles. The molecular weight excluding hydrogens is 224 g/mol. The van der Waals surface area contributed by atoms with Gasteiger partial charge in [0.2, 0.25) is 0 Å². The number of hydrogen-bond acceptors (Lipinski definition) is 3. The van der Waals surface area contributed by atoms with Gasteiger partial charge in [-0.25, -0.2) is 0 Å². The highest BCUT2D eigenvalue weighted by molar-refractivity contribution is 4.83. The van der Waals surface area contributed by atoms with E-state index in [1.165, 1.54) is 19.3 Å². The van der Waals surface area contributed by atoms with Crippen molar-refractivity contribution in [2.75, 3.05) is 20.2 Å². The molecule has 0 fully saturated rings. The Labute approximate surface area is 114 Å². The van der Waals surface area contributed by atoms with Gasteiger partial charge in [0.25, 0.3) is 0 Å². The molecule has 0 aromatic carbocycles. The van der Waals surface area contributed by atoms with Crippen molar-refractivity contribution in [3.05, 3.63) is 0 Å². The third-order valence-corrected chi connectivity index (χ3v) is 3.70. The Bertz CT molecular complexity index is 205. The first-order chi connectivity index (χ1) is 8.37. The molecule has 0 spiro atoms. The molecule has 0 bridgehead atoms. The number of ether oxygens (including phenoxy) is 1. The molecule has 1 unspecified atom stereocenters. The zero-order valence-electron chi connectivity index (χ0n) is 13.3. The second kappa shape index (κ2) is 8.89. The number of unbranched alkanes of at least 4 members (excludes halogenated alkanes) is 2. The minimum atomic E-state index is -0.0953. The Hall–Kier alpha value is -0.120. The van der Waals surface area contributed by atoms with Crippen LogP contribution in [0.5, 0.6) is 0 Å². The van der Waals surface area contributed by atoms with Gasteiger partial charge < -0.3 is 10.5 Å². The molecule has 1 atom stereocenters. The van der Waals surface area contributed by atoms with E-state index in [0.717, 1.165) is 13.0 Å². The summed E-state index contributed by atoms with van der Waals surface area (Å²) >= 11 is 0. The fourth-order valence-corrected chi connectivity index (χ4v) is 2.39.